The number of carbonyl (C=O) groups excluding carboxylic acids is 1. The number of carbonyl (C=O) groups is 1. The summed E-state index contributed by atoms with van der Waals surface area (Å²) in [6.45, 7) is 0.0862. The molecule has 1 saturated carbocycles. The maximum absolute atomic E-state index is 13.9. The first-order chi connectivity index (χ1) is 10.3. The fourth-order valence-electron chi connectivity index (χ4n) is 2.68. The van der Waals surface area contributed by atoms with Crippen molar-refractivity contribution < 1.29 is 27.5 Å². The van der Waals surface area contributed by atoms with Crippen LogP contribution in [0.5, 0.6) is 0 Å². The van der Waals surface area contributed by atoms with Gasteiger partial charge in [0, 0.05) is 12.6 Å². The van der Waals surface area contributed by atoms with Crippen molar-refractivity contribution in [1.82, 2.24) is 5.32 Å². The first-order valence-electron chi connectivity index (χ1n) is 7.10. The van der Waals surface area contributed by atoms with Gasteiger partial charge in [0.2, 0.25) is 0 Å². The van der Waals surface area contributed by atoms with Crippen LogP contribution in [0.4, 0.5) is 17.6 Å². The number of rotatable bonds is 3. The van der Waals surface area contributed by atoms with Crippen LogP contribution in [-0.4, -0.2) is 23.7 Å². The number of benzene rings is 1. The van der Waals surface area contributed by atoms with Gasteiger partial charge in [0.25, 0.3) is 5.91 Å². The summed E-state index contributed by atoms with van der Waals surface area (Å²) in [6.07, 6.45) is -2.13. The van der Waals surface area contributed by atoms with E-state index in [1.165, 1.54) is 0 Å². The van der Waals surface area contributed by atoms with Crippen molar-refractivity contribution in [3.05, 3.63) is 35.1 Å². The van der Waals surface area contributed by atoms with Crippen LogP contribution in [0.1, 0.15) is 41.6 Å². The van der Waals surface area contributed by atoms with Gasteiger partial charge in [-0.1, -0.05) is 6.07 Å². The third-order valence-corrected chi connectivity index (χ3v) is 3.99. The van der Waals surface area contributed by atoms with Gasteiger partial charge in [-0.2, -0.15) is 13.2 Å². The van der Waals surface area contributed by atoms with Gasteiger partial charge < -0.3 is 10.4 Å². The number of halogens is 4. The summed E-state index contributed by atoms with van der Waals surface area (Å²) in [6, 6.07) is 2.46. The van der Waals surface area contributed by atoms with E-state index in [4.69, 9.17) is 5.11 Å². The third-order valence-electron chi connectivity index (χ3n) is 3.99. The summed E-state index contributed by atoms with van der Waals surface area (Å²) in [5.41, 5.74) is -2.04. The van der Waals surface area contributed by atoms with E-state index in [9.17, 15) is 22.4 Å². The number of nitrogens with one attached hydrogen (secondary N) is 1. The van der Waals surface area contributed by atoms with Crippen molar-refractivity contribution in [3.63, 3.8) is 0 Å². The molecule has 2 N–H and O–H groups in total. The maximum atomic E-state index is 13.9. The summed E-state index contributed by atoms with van der Waals surface area (Å²) in [5.74, 6) is -2.19. The molecular weight excluding hydrogens is 302 g/mol. The second kappa shape index (κ2) is 6.64. The minimum atomic E-state index is -4.83. The van der Waals surface area contributed by atoms with Crippen molar-refractivity contribution in [2.24, 2.45) is 5.92 Å². The van der Waals surface area contributed by atoms with Crippen LogP contribution >= 0.6 is 0 Å². The molecule has 1 fully saturated rings. The van der Waals surface area contributed by atoms with Gasteiger partial charge in [-0.25, -0.2) is 4.39 Å². The summed E-state index contributed by atoms with van der Waals surface area (Å²) in [7, 11) is 0. The molecule has 2 rings (SSSR count). The van der Waals surface area contributed by atoms with Crippen LogP contribution in [0.3, 0.4) is 0 Å². The maximum Gasteiger partial charge on any atom is 0.419 e. The zero-order chi connectivity index (χ0) is 16.3. The second-order valence-electron chi connectivity index (χ2n) is 5.54. The Hall–Kier alpha value is -1.63. The Labute approximate surface area is 125 Å². The van der Waals surface area contributed by atoms with Crippen molar-refractivity contribution in [2.75, 3.05) is 6.61 Å². The van der Waals surface area contributed by atoms with Gasteiger partial charge >= 0.3 is 6.18 Å². The predicted octanol–water partition coefficient (Wildman–Crippen LogP) is 3.13. The van der Waals surface area contributed by atoms with Gasteiger partial charge in [0.1, 0.15) is 5.82 Å². The normalized spacial score (nSPS) is 22.4. The molecule has 0 heterocycles. The number of amides is 1. The highest BCUT2D eigenvalue weighted by Crippen LogP contribution is 2.32. The quantitative estimate of drug-likeness (QED) is 0.841. The Morgan fingerprint density at radius 2 is 1.86 bits per heavy atom. The first kappa shape index (κ1) is 16.7. The fourth-order valence-corrected chi connectivity index (χ4v) is 2.68. The Morgan fingerprint density at radius 3 is 2.41 bits per heavy atom. The van der Waals surface area contributed by atoms with Gasteiger partial charge in [-0.3, -0.25) is 4.79 Å². The number of hydrogen-bond acceptors (Lipinski definition) is 2. The van der Waals surface area contributed by atoms with Crippen molar-refractivity contribution in [3.8, 4) is 0 Å². The first-order valence-corrected chi connectivity index (χ1v) is 7.10. The molecule has 0 unspecified atom stereocenters. The summed E-state index contributed by atoms with van der Waals surface area (Å²) < 4.78 is 51.8. The molecule has 1 aromatic rings. The Morgan fingerprint density at radius 1 is 1.23 bits per heavy atom. The third kappa shape index (κ3) is 3.76. The van der Waals surface area contributed by atoms with Crippen LogP contribution in [0.25, 0.3) is 0 Å². The number of aliphatic hydroxyl groups is 1. The van der Waals surface area contributed by atoms with E-state index in [2.05, 4.69) is 5.32 Å². The summed E-state index contributed by atoms with van der Waals surface area (Å²) >= 11 is 0. The average Bonchev–Trinajstić information content (AvgIpc) is 2.47. The van der Waals surface area contributed by atoms with E-state index in [0.717, 1.165) is 25.0 Å². The molecule has 22 heavy (non-hydrogen) atoms. The topological polar surface area (TPSA) is 49.3 Å². The zero-order valence-corrected chi connectivity index (χ0v) is 11.8. The SMILES string of the molecule is O=C(NC1CCC(CO)CC1)c1cccc(C(F)(F)F)c1F. The summed E-state index contributed by atoms with van der Waals surface area (Å²) in [5, 5.41) is 11.6. The van der Waals surface area contributed by atoms with Crippen LogP contribution in [0, 0.1) is 11.7 Å². The molecule has 3 nitrogen and oxygen atoms in total. The molecule has 0 atom stereocenters. The lowest BCUT2D eigenvalue weighted by Crippen LogP contribution is -2.38. The van der Waals surface area contributed by atoms with Crippen molar-refractivity contribution in [1.29, 1.82) is 0 Å². The highest BCUT2D eigenvalue weighted by Gasteiger charge is 2.36. The van der Waals surface area contributed by atoms with E-state index >= 15 is 0 Å². The molecule has 0 radical (unpaired) electrons. The number of aliphatic hydroxyl groups excluding tert-OH is 1. The number of hydrogen-bond donors (Lipinski definition) is 2. The van der Waals surface area contributed by atoms with Gasteiger partial charge in [0.05, 0.1) is 11.1 Å². The van der Waals surface area contributed by atoms with E-state index < -0.39 is 29.0 Å². The summed E-state index contributed by atoms with van der Waals surface area (Å²) in [4.78, 5) is 12.0. The average molecular weight is 319 g/mol. The van der Waals surface area contributed by atoms with Crippen LogP contribution in [-0.2, 0) is 6.18 Å². The van der Waals surface area contributed by atoms with E-state index in [0.29, 0.717) is 18.9 Å². The Bertz CT molecular complexity index is 537. The molecule has 1 aliphatic rings. The van der Waals surface area contributed by atoms with E-state index in [-0.39, 0.29) is 18.6 Å². The zero-order valence-electron chi connectivity index (χ0n) is 11.8. The lowest BCUT2D eigenvalue weighted by molar-refractivity contribution is -0.140. The Balaban J connectivity index is 2.08. The molecule has 1 amide bonds. The smallest absolute Gasteiger partial charge is 0.396 e. The lowest BCUT2D eigenvalue weighted by Gasteiger charge is -2.28. The molecule has 0 aromatic heterocycles. The molecule has 0 spiro atoms. The van der Waals surface area contributed by atoms with Gasteiger partial charge in [0.15, 0.2) is 0 Å². The molecule has 122 valence electrons. The van der Waals surface area contributed by atoms with Gasteiger partial charge in [-0.15, -0.1) is 0 Å². The van der Waals surface area contributed by atoms with Crippen molar-refractivity contribution >= 4 is 5.91 Å². The second-order valence-corrected chi connectivity index (χ2v) is 5.54. The molecule has 0 aliphatic heterocycles. The Kier molecular flexibility index (Phi) is 5.05. The molecule has 0 bridgehead atoms. The molecular formula is C15H17F4NO2. The van der Waals surface area contributed by atoms with E-state index in [1.807, 2.05) is 0 Å². The largest absolute Gasteiger partial charge is 0.419 e. The molecule has 1 aliphatic carbocycles. The molecule has 1 aromatic carbocycles. The van der Waals surface area contributed by atoms with Crippen molar-refractivity contribution in [2.45, 2.75) is 37.9 Å². The van der Waals surface area contributed by atoms with Crippen LogP contribution < -0.4 is 5.32 Å². The minimum absolute atomic E-state index is 0.0862. The molecule has 7 heteroatoms. The number of alkyl halides is 3. The van der Waals surface area contributed by atoms with Gasteiger partial charge in [-0.05, 0) is 43.7 Å². The van der Waals surface area contributed by atoms with Crippen LogP contribution in [0.2, 0.25) is 0 Å². The standard InChI is InChI=1S/C15H17F4NO2/c16-13-11(2-1-3-12(13)15(17,18)19)14(22)20-10-6-4-9(8-21)5-7-10/h1-3,9-10,21H,4-8H2,(H,20,22). The predicted molar refractivity (Wildman–Crippen MR) is 71.7 cm³/mol. The fraction of sp³-hybridized carbons (Fsp3) is 0.533. The highest BCUT2D eigenvalue weighted by atomic mass is 19.4. The van der Waals surface area contributed by atoms with Crippen LogP contribution in [0.15, 0.2) is 18.2 Å². The highest BCUT2D eigenvalue weighted by molar-refractivity contribution is 5.94. The lowest BCUT2D eigenvalue weighted by atomic mass is 9.86. The van der Waals surface area contributed by atoms with E-state index in [1.54, 1.807) is 0 Å². The monoisotopic (exact) mass is 319 g/mol. The molecule has 0 saturated heterocycles. The minimum Gasteiger partial charge on any atom is -0.396 e.